The van der Waals surface area contributed by atoms with Gasteiger partial charge in [0.1, 0.15) is 6.33 Å². The maximum absolute atomic E-state index is 6.44. The molecule has 1 aliphatic rings. The van der Waals surface area contributed by atoms with E-state index in [2.05, 4.69) is 62.3 Å². The first-order chi connectivity index (χ1) is 11.6. The number of nitrogens with zero attached hydrogens (tertiary/aromatic N) is 3. The normalized spacial score (nSPS) is 19.6. The predicted molar refractivity (Wildman–Crippen MR) is 105 cm³/mol. The number of benzene rings is 2. The van der Waals surface area contributed by atoms with Gasteiger partial charge in [0.2, 0.25) is 5.95 Å². The number of nitrogens with one attached hydrogen (secondary N) is 1. The number of aromatic nitrogens is 3. The number of fused-ring (bicyclic) bond motifs is 1. The maximum Gasteiger partial charge on any atom is 0.222 e. The molecule has 0 spiro atoms. The second kappa shape index (κ2) is 6.54. The minimum Gasteiger partial charge on any atom is -0.348 e. The van der Waals surface area contributed by atoms with E-state index >= 15 is 0 Å². The van der Waals surface area contributed by atoms with Crippen molar-refractivity contribution in [3.05, 3.63) is 73.5 Å². The highest BCUT2D eigenvalue weighted by atomic mass is 127. The molecule has 0 amide bonds. The lowest BCUT2D eigenvalue weighted by atomic mass is 9.93. The molecule has 1 aromatic heterocycles. The summed E-state index contributed by atoms with van der Waals surface area (Å²) in [6.07, 6.45) is 2.40. The molecule has 3 aromatic rings. The number of hydrogen-bond donors (Lipinski definition) is 1. The van der Waals surface area contributed by atoms with Gasteiger partial charge >= 0.3 is 0 Å². The molecular weight excluding hydrogens is 458 g/mol. The molecule has 1 N–H and O–H groups in total. The Morgan fingerprint density at radius 1 is 1.12 bits per heavy atom. The van der Waals surface area contributed by atoms with Crippen LogP contribution in [-0.2, 0) is 0 Å². The predicted octanol–water partition coefficient (Wildman–Crippen LogP) is 5.34. The third-order valence-corrected chi connectivity index (χ3v) is 5.51. The van der Waals surface area contributed by atoms with Crippen molar-refractivity contribution in [1.29, 1.82) is 0 Å². The highest BCUT2D eigenvalue weighted by molar-refractivity contribution is 14.1. The molecule has 0 aliphatic carbocycles. The van der Waals surface area contributed by atoms with E-state index in [0.29, 0.717) is 10.0 Å². The van der Waals surface area contributed by atoms with E-state index in [9.17, 15) is 0 Å². The second-order valence-corrected chi connectivity index (χ2v) is 7.78. The molecule has 1 aliphatic heterocycles. The number of rotatable bonds is 2. The van der Waals surface area contributed by atoms with Gasteiger partial charge in [0.05, 0.1) is 12.1 Å². The average molecular weight is 471 g/mol. The standard InChI is InChI=1S/C17H13Cl2IN4/c18-11-3-6-13(14(19)7-11)16-8-15(10-1-4-12(20)5-2-10)23-17-21-9-22-24(16)17/h1-7,9,15-16H,8H2,(H,21,22,23)/t15-,16+/m1/s1. The van der Waals surface area contributed by atoms with Gasteiger partial charge < -0.3 is 5.32 Å². The monoisotopic (exact) mass is 470 g/mol. The highest BCUT2D eigenvalue weighted by Gasteiger charge is 2.31. The molecule has 2 atom stereocenters. The van der Waals surface area contributed by atoms with Gasteiger partial charge in [-0.2, -0.15) is 10.1 Å². The molecular formula is C17H13Cl2IN4. The van der Waals surface area contributed by atoms with Crippen molar-refractivity contribution in [2.75, 3.05) is 5.32 Å². The first kappa shape index (κ1) is 16.2. The summed E-state index contributed by atoms with van der Waals surface area (Å²) in [6.45, 7) is 0. The Balaban J connectivity index is 1.75. The minimum absolute atomic E-state index is 0.0118. The van der Waals surface area contributed by atoms with Gasteiger partial charge in [-0.15, -0.1) is 0 Å². The lowest BCUT2D eigenvalue weighted by Gasteiger charge is -2.32. The van der Waals surface area contributed by atoms with Crippen LogP contribution < -0.4 is 5.32 Å². The summed E-state index contributed by atoms with van der Waals surface area (Å²) in [5.41, 5.74) is 2.23. The Bertz CT molecular complexity index is 879. The van der Waals surface area contributed by atoms with E-state index in [4.69, 9.17) is 23.2 Å². The summed E-state index contributed by atoms with van der Waals surface area (Å²) in [6, 6.07) is 14.3. The molecule has 0 bridgehead atoms. The molecule has 24 heavy (non-hydrogen) atoms. The Labute approximate surface area is 163 Å². The van der Waals surface area contributed by atoms with Crippen LogP contribution in [-0.4, -0.2) is 14.8 Å². The van der Waals surface area contributed by atoms with Crippen molar-refractivity contribution in [2.45, 2.75) is 18.5 Å². The van der Waals surface area contributed by atoms with E-state index < -0.39 is 0 Å². The molecule has 0 saturated carbocycles. The summed E-state index contributed by atoms with van der Waals surface area (Å²) in [7, 11) is 0. The van der Waals surface area contributed by atoms with Crippen LogP contribution in [0.4, 0.5) is 5.95 Å². The molecule has 0 radical (unpaired) electrons. The lowest BCUT2D eigenvalue weighted by molar-refractivity contribution is 0.431. The van der Waals surface area contributed by atoms with Gasteiger partial charge in [-0.3, -0.25) is 0 Å². The Hall–Kier alpha value is -1.31. The van der Waals surface area contributed by atoms with E-state index in [-0.39, 0.29) is 12.1 Å². The quantitative estimate of drug-likeness (QED) is 0.514. The topological polar surface area (TPSA) is 42.7 Å². The van der Waals surface area contributed by atoms with E-state index in [1.54, 1.807) is 12.4 Å². The minimum atomic E-state index is 0.0118. The van der Waals surface area contributed by atoms with E-state index in [0.717, 1.165) is 17.9 Å². The summed E-state index contributed by atoms with van der Waals surface area (Å²) < 4.78 is 3.10. The zero-order valence-corrected chi connectivity index (χ0v) is 16.1. The maximum atomic E-state index is 6.44. The second-order valence-electron chi connectivity index (χ2n) is 5.69. The molecule has 0 saturated heterocycles. The largest absolute Gasteiger partial charge is 0.348 e. The first-order valence-electron chi connectivity index (χ1n) is 7.48. The van der Waals surface area contributed by atoms with Crippen molar-refractivity contribution in [3.63, 3.8) is 0 Å². The van der Waals surface area contributed by atoms with Gasteiger partial charge in [-0.05, 0) is 64.4 Å². The summed E-state index contributed by atoms with van der Waals surface area (Å²) in [5.74, 6) is 0.751. The van der Waals surface area contributed by atoms with Crippen LogP contribution in [0, 0.1) is 3.57 Å². The zero-order chi connectivity index (χ0) is 16.7. The van der Waals surface area contributed by atoms with E-state index in [1.807, 2.05) is 16.8 Å². The molecule has 4 nitrogen and oxygen atoms in total. The number of hydrogen-bond acceptors (Lipinski definition) is 3. The third kappa shape index (κ3) is 3.00. The van der Waals surface area contributed by atoms with Crippen LogP contribution in [0.25, 0.3) is 0 Å². The molecule has 2 aromatic carbocycles. The Morgan fingerprint density at radius 2 is 1.92 bits per heavy atom. The number of anilines is 1. The molecule has 0 unspecified atom stereocenters. The molecule has 7 heteroatoms. The molecule has 0 fully saturated rings. The Kier molecular flexibility index (Phi) is 4.40. The van der Waals surface area contributed by atoms with Gasteiger partial charge in [-0.25, -0.2) is 4.68 Å². The fourth-order valence-electron chi connectivity index (χ4n) is 3.06. The SMILES string of the molecule is Clc1ccc([C@@H]2C[C@H](c3ccc(I)cc3)Nc3ncnn32)c(Cl)c1. The van der Waals surface area contributed by atoms with Gasteiger partial charge in [0.25, 0.3) is 0 Å². The van der Waals surface area contributed by atoms with Crippen molar-refractivity contribution in [3.8, 4) is 0 Å². The summed E-state index contributed by atoms with van der Waals surface area (Å²) >= 11 is 14.8. The van der Waals surface area contributed by atoms with Crippen LogP contribution in [0.1, 0.15) is 29.6 Å². The smallest absolute Gasteiger partial charge is 0.222 e. The zero-order valence-electron chi connectivity index (χ0n) is 12.5. The average Bonchev–Trinajstić information content (AvgIpc) is 3.03. The van der Waals surface area contributed by atoms with E-state index in [1.165, 1.54) is 9.13 Å². The fourth-order valence-corrected chi connectivity index (χ4v) is 3.96. The Morgan fingerprint density at radius 3 is 2.67 bits per heavy atom. The van der Waals surface area contributed by atoms with Gasteiger partial charge in [0, 0.05) is 13.6 Å². The number of halogens is 3. The van der Waals surface area contributed by atoms with Gasteiger partial charge in [0.15, 0.2) is 0 Å². The van der Waals surface area contributed by atoms with Crippen molar-refractivity contribution < 1.29 is 0 Å². The highest BCUT2D eigenvalue weighted by Crippen LogP contribution is 2.40. The summed E-state index contributed by atoms with van der Waals surface area (Å²) in [5, 5.41) is 9.11. The van der Waals surface area contributed by atoms with Crippen molar-refractivity contribution in [2.24, 2.45) is 0 Å². The lowest BCUT2D eigenvalue weighted by Crippen LogP contribution is -2.28. The molecule has 122 valence electrons. The summed E-state index contributed by atoms with van der Waals surface area (Å²) in [4.78, 5) is 4.34. The molecule has 2 heterocycles. The van der Waals surface area contributed by atoms with Crippen LogP contribution in [0.3, 0.4) is 0 Å². The van der Waals surface area contributed by atoms with Crippen molar-refractivity contribution in [1.82, 2.24) is 14.8 Å². The van der Waals surface area contributed by atoms with Crippen LogP contribution in [0.15, 0.2) is 48.8 Å². The third-order valence-electron chi connectivity index (χ3n) is 4.22. The molecule has 4 rings (SSSR count). The fraction of sp³-hybridized carbons (Fsp3) is 0.176. The van der Waals surface area contributed by atoms with Crippen LogP contribution in [0.5, 0.6) is 0 Å². The van der Waals surface area contributed by atoms with Crippen molar-refractivity contribution >= 4 is 51.7 Å². The van der Waals surface area contributed by atoms with Crippen LogP contribution in [0.2, 0.25) is 10.0 Å². The first-order valence-corrected chi connectivity index (χ1v) is 9.32. The van der Waals surface area contributed by atoms with Gasteiger partial charge in [-0.1, -0.05) is 41.4 Å². The van der Waals surface area contributed by atoms with Crippen LogP contribution >= 0.6 is 45.8 Å².